The maximum Gasteiger partial charge on any atom is 0.335 e. The first-order valence-electron chi connectivity index (χ1n) is 6.10. The van der Waals surface area contributed by atoms with Crippen LogP contribution in [0, 0.1) is 6.92 Å². The molecule has 4 heteroatoms. The topological polar surface area (TPSA) is 63.6 Å². The molecule has 0 atom stereocenters. The Morgan fingerprint density at radius 1 is 1.00 bits per heavy atom. The van der Waals surface area contributed by atoms with Crippen LogP contribution in [0.25, 0.3) is 0 Å². The highest BCUT2D eigenvalue weighted by molar-refractivity contribution is 5.94. The minimum atomic E-state index is -0.958. The number of carboxylic acids is 1. The number of hydrogen-bond donors (Lipinski definition) is 1. The molecule has 0 heterocycles. The molecule has 0 unspecified atom stereocenters. The van der Waals surface area contributed by atoms with Crippen molar-refractivity contribution in [2.75, 3.05) is 0 Å². The summed E-state index contributed by atoms with van der Waals surface area (Å²) < 4.78 is 5.62. The summed E-state index contributed by atoms with van der Waals surface area (Å²) in [7, 11) is 0. The van der Waals surface area contributed by atoms with Gasteiger partial charge in [-0.2, -0.15) is 0 Å². The molecule has 0 radical (unpaired) electrons. The molecule has 0 aromatic heterocycles. The Kier molecular flexibility index (Phi) is 3.84. The van der Waals surface area contributed by atoms with Gasteiger partial charge in [0.2, 0.25) is 0 Å². The standard InChI is InChI=1S/C16H14O4/c1-10-9-14(7-8-15(10)16(18)19)20-13-5-3-12(4-6-13)11(2)17/h3-9H,1-2H3,(H,18,19). The lowest BCUT2D eigenvalue weighted by Gasteiger charge is -2.08. The Balaban J connectivity index is 2.19. The molecule has 0 aliphatic heterocycles. The first-order chi connectivity index (χ1) is 9.47. The molecule has 0 bridgehead atoms. The second kappa shape index (κ2) is 5.57. The molecule has 0 fully saturated rings. The molecule has 0 spiro atoms. The van der Waals surface area contributed by atoms with Gasteiger partial charge in [-0.05, 0) is 61.9 Å². The van der Waals surface area contributed by atoms with Crippen LogP contribution in [0.4, 0.5) is 0 Å². The SMILES string of the molecule is CC(=O)c1ccc(Oc2ccc(C(=O)O)c(C)c2)cc1. The summed E-state index contributed by atoms with van der Waals surface area (Å²) in [6.07, 6.45) is 0. The number of aryl methyl sites for hydroxylation is 1. The van der Waals surface area contributed by atoms with E-state index in [0.29, 0.717) is 22.6 Å². The van der Waals surface area contributed by atoms with E-state index in [1.54, 1.807) is 43.3 Å². The third kappa shape index (κ3) is 3.03. The summed E-state index contributed by atoms with van der Waals surface area (Å²) >= 11 is 0. The summed E-state index contributed by atoms with van der Waals surface area (Å²) in [6.45, 7) is 3.22. The fourth-order valence-corrected chi connectivity index (χ4v) is 1.83. The molecule has 0 aliphatic carbocycles. The van der Waals surface area contributed by atoms with Gasteiger partial charge < -0.3 is 9.84 Å². The van der Waals surface area contributed by atoms with E-state index in [1.807, 2.05) is 0 Å². The quantitative estimate of drug-likeness (QED) is 0.860. The zero-order valence-corrected chi connectivity index (χ0v) is 11.2. The zero-order valence-electron chi connectivity index (χ0n) is 11.2. The molecule has 2 aromatic carbocycles. The van der Waals surface area contributed by atoms with Gasteiger partial charge in [-0.3, -0.25) is 4.79 Å². The summed E-state index contributed by atoms with van der Waals surface area (Å²) in [5.41, 5.74) is 1.51. The Morgan fingerprint density at radius 3 is 2.10 bits per heavy atom. The summed E-state index contributed by atoms with van der Waals surface area (Å²) in [6, 6.07) is 11.6. The van der Waals surface area contributed by atoms with Gasteiger partial charge in [0.15, 0.2) is 5.78 Å². The number of aromatic carboxylic acids is 1. The number of carbonyl (C=O) groups is 2. The van der Waals surface area contributed by atoms with Crippen LogP contribution >= 0.6 is 0 Å². The van der Waals surface area contributed by atoms with E-state index in [4.69, 9.17) is 9.84 Å². The molecule has 1 N–H and O–H groups in total. The highest BCUT2D eigenvalue weighted by Crippen LogP contribution is 2.24. The van der Waals surface area contributed by atoms with Crippen LogP contribution in [0.3, 0.4) is 0 Å². The van der Waals surface area contributed by atoms with Gasteiger partial charge in [-0.1, -0.05) is 0 Å². The number of ketones is 1. The fraction of sp³-hybridized carbons (Fsp3) is 0.125. The lowest BCUT2D eigenvalue weighted by atomic mass is 10.1. The number of benzene rings is 2. The van der Waals surface area contributed by atoms with Crippen molar-refractivity contribution in [1.82, 2.24) is 0 Å². The van der Waals surface area contributed by atoms with Crippen LogP contribution in [0.15, 0.2) is 42.5 Å². The number of Topliss-reactive ketones (excluding diaryl/α,β-unsaturated/α-hetero) is 1. The molecule has 4 nitrogen and oxygen atoms in total. The van der Waals surface area contributed by atoms with Gasteiger partial charge in [0.1, 0.15) is 11.5 Å². The zero-order chi connectivity index (χ0) is 14.7. The minimum absolute atomic E-state index is 0.00166. The number of ether oxygens (including phenoxy) is 1. The number of carboxylic acid groups (broad SMARTS) is 1. The first kappa shape index (κ1) is 13.8. The van der Waals surface area contributed by atoms with Crippen molar-refractivity contribution in [2.24, 2.45) is 0 Å². The maximum atomic E-state index is 11.2. The van der Waals surface area contributed by atoms with E-state index in [0.717, 1.165) is 0 Å². The molecule has 0 saturated heterocycles. The van der Waals surface area contributed by atoms with Gasteiger partial charge in [0.25, 0.3) is 0 Å². The van der Waals surface area contributed by atoms with Crippen LogP contribution in [0.2, 0.25) is 0 Å². The van der Waals surface area contributed by atoms with Gasteiger partial charge in [0.05, 0.1) is 5.56 Å². The highest BCUT2D eigenvalue weighted by Gasteiger charge is 2.08. The molecule has 0 saturated carbocycles. The lowest BCUT2D eigenvalue weighted by molar-refractivity contribution is 0.0696. The van der Waals surface area contributed by atoms with Crippen molar-refractivity contribution in [3.63, 3.8) is 0 Å². The number of hydrogen-bond acceptors (Lipinski definition) is 3. The van der Waals surface area contributed by atoms with Crippen molar-refractivity contribution in [2.45, 2.75) is 13.8 Å². The first-order valence-corrected chi connectivity index (χ1v) is 6.10. The molecule has 2 aromatic rings. The molecular weight excluding hydrogens is 256 g/mol. The van der Waals surface area contributed by atoms with E-state index < -0.39 is 5.97 Å². The number of carbonyl (C=O) groups excluding carboxylic acids is 1. The summed E-state index contributed by atoms with van der Waals surface area (Å²) in [4.78, 5) is 22.1. The third-order valence-corrected chi connectivity index (χ3v) is 2.92. The van der Waals surface area contributed by atoms with Crippen molar-refractivity contribution in [3.05, 3.63) is 59.2 Å². The van der Waals surface area contributed by atoms with Crippen LogP contribution in [0.5, 0.6) is 11.5 Å². The highest BCUT2D eigenvalue weighted by atomic mass is 16.5. The summed E-state index contributed by atoms with van der Waals surface area (Å²) in [5, 5.41) is 8.96. The van der Waals surface area contributed by atoms with Crippen molar-refractivity contribution >= 4 is 11.8 Å². The van der Waals surface area contributed by atoms with Crippen molar-refractivity contribution in [1.29, 1.82) is 0 Å². The summed E-state index contributed by atoms with van der Waals surface area (Å²) in [5.74, 6) is 0.193. The van der Waals surface area contributed by atoms with E-state index in [2.05, 4.69) is 0 Å². The Labute approximate surface area is 116 Å². The van der Waals surface area contributed by atoms with Gasteiger partial charge in [-0.15, -0.1) is 0 Å². The van der Waals surface area contributed by atoms with Crippen LogP contribution in [-0.2, 0) is 0 Å². The maximum absolute atomic E-state index is 11.2. The fourth-order valence-electron chi connectivity index (χ4n) is 1.83. The Hall–Kier alpha value is -2.62. The second-order valence-electron chi connectivity index (χ2n) is 4.46. The minimum Gasteiger partial charge on any atom is -0.478 e. The predicted molar refractivity (Wildman–Crippen MR) is 74.7 cm³/mol. The normalized spacial score (nSPS) is 10.1. The van der Waals surface area contributed by atoms with Crippen LogP contribution in [-0.4, -0.2) is 16.9 Å². The largest absolute Gasteiger partial charge is 0.478 e. The molecule has 2 rings (SSSR count). The average Bonchev–Trinajstić information content (AvgIpc) is 2.39. The Morgan fingerprint density at radius 2 is 1.60 bits per heavy atom. The van der Waals surface area contributed by atoms with Gasteiger partial charge >= 0.3 is 5.97 Å². The molecule has 102 valence electrons. The van der Waals surface area contributed by atoms with E-state index in [1.165, 1.54) is 13.0 Å². The van der Waals surface area contributed by atoms with Crippen LogP contribution < -0.4 is 4.74 Å². The third-order valence-electron chi connectivity index (χ3n) is 2.92. The molecule has 0 aliphatic rings. The number of rotatable bonds is 4. The van der Waals surface area contributed by atoms with Gasteiger partial charge in [-0.25, -0.2) is 4.79 Å². The lowest BCUT2D eigenvalue weighted by Crippen LogP contribution is -1.99. The monoisotopic (exact) mass is 270 g/mol. The van der Waals surface area contributed by atoms with E-state index in [-0.39, 0.29) is 11.3 Å². The Bertz CT molecular complexity index is 657. The molecular formula is C16H14O4. The smallest absolute Gasteiger partial charge is 0.335 e. The second-order valence-corrected chi connectivity index (χ2v) is 4.46. The molecule has 20 heavy (non-hydrogen) atoms. The van der Waals surface area contributed by atoms with Crippen LogP contribution in [0.1, 0.15) is 33.2 Å². The predicted octanol–water partition coefficient (Wildman–Crippen LogP) is 3.69. The van der Waals surface area contributed by atoms with E-state index >= 15 is 0 Å². The van der Waals surface area contributed by atoms with Crippen molar-refractivity contribution in [3.8, 4) is 11.5 Å². The average molecular weight is 270 g/mol. The van der Waals surface area contributed by atoms with E-state index in [9.17, 15) is 9.59 Å². The van der Waals surface area contributed by atoms with Gasteiger partial charge in [0, 0.05) is 5.56 Å². The molecule has 0 amide bonds. The van der Waals surface area contributed by atoms with Crippen molar-refractivity contribution < 1.29 is 19.4 Å².